The monoisotopic (exact) mass is 468 g/mol. The van der Waals surface area contributed by atoms with Gasteiger partial charge in [-0.1, -0.05) is 36.4 Å². The van der Waals surface area contributed by atoms with Crippen molar-refractivity contribution in [3.63, 3.8) is 0 Å². The lowest BCUT2D eigenvalue weighted by atomic mass is 9.87. The summed E-state index contributed by atoms with van der Waals surface area (Å²) in [5, 5.41) is 2.04. The van der Waals surface area contributed by atoms with Gasteiger partial charge < -0.3 is 4.48 Å². The zero-order valence-corrected chi connectivity index (χ0v) is 19.3. The van der Waals surface area contributed by atoms with E-state index in [1.54, 1.807) is 0 Å². The molecule has 0 amide bonds. The van der Waals surface area contributed by atoms with Crippen molar-refractivity contribution >= 4 is 40.5 Å². The normalized spacial score (nSPS) is 12.7. The second-order valence-electron chi connectivity index (χ2n) is 8.57. The van der Waals surface area contributed by atoms with Crippen molar-refractivity contribution < 1.29 is 24.3 Å². The maximum absolute atomic E-state index is 13.6. The first-order valence-corrected chi connectivity index (χ1v) is 11.2. The number of nitrogens with two attached hydrogens (primary N) is 6. The molecule has 2 aromatic rings. The van der Waals surface area contributed by atoms with Gasteiger partial charge in [-0.25, -0.2) is 0 Å². The first kappa shape index (κ1) is 24.5. The van der Waals surface area contributed by atoms with E-state index in [-0.39, 0.29) is 23.7 Å². The molecule has 0 saturated carbocycles. The Kier molecular flexibility index (Phi) is 7.69. The van der Waals surface area contributed by atoms with Crippen molar-refractivity contribution in [2.24, 2.45) is 34.4 Å². The SMILES string of the molecule is NC(N)=[NH+]CC[N+](CC[NH+]=C(N)N)(CC[NH+]=C(N)N)CC1=Cc2cccc3cccc(c23)C1=O. The summed E-state index contributed by atoms with van der Waals surface area (Å²) in [4.78, 5) is 22.5. The number of hydrogen-bond acceptors (Lipinski definition) is 1. The molecule has 34 heavy (non-hydrogen) atoms. The lowest BCUT2D eigenvalue weighted by Crippen LogP contribution is -2.84. The van der Waals surface area contributed by atoms with E-state index in [1.165, 1.54) is 0 Å². The highest BCUT2D eigenvalue weighted by atomic mass is 16.1. The van der Waals surface area contributed by atoms with E-state index >= 15 is 0 Å². The van der Waals surface area contributed by atoms with Gasteiger partial charge in [0.05, 0.1) is 5.57 Å². The van der Waals surface area contributed by atoms with Gasteiger partial charge in [-0.3, -0.25) is 54.2 Å². The summed E-state index contributed by atoms with van der Waals surface area (Å²) in [7, 11) is 0. The Bertz CT molecular complexity index is 1110. The number of carbonyl (C=O) groups excluding carboxylic acids is 1. The lowest BCUT2D eigenvalue weighted by Gasteiger charge is -2.38. The third kappa shape index (κ3) is 6.01. The van der Waals surface area contributed by atoms with Gasteiger partial charge in [0, 0.05) is 10.9 Å². The number of ketones is 1. The van der Waals surface area contributed by atoms with Crippen LogP contribution in [0, 0.1) is 0 Å². The number of Topliss-reactive ketones (excluding diaryl/α,β-unsaturated/α-hetero) is 1. The first-order valence-electron chi connectivity index (χ1n) is 11.2. The van der Waals surface area contributed by atoms with E-state index in [2.05, 4.69) is 15.0 Å². The van der Waals surface area contributed by atoms with E-state index in [4.69, 9.17) is 34.4 Å². The summed E-state index contributed by atoms with van der Waals surface area (Å²) < 4.78 is 0.510. The van der Waals surface area contributed by atoms with Gasteiger partial charge in [0.15, 0.2) is 5.78 Å². The van der Waals surface area contributed by atoms with Crippen LogP contribution in [0.2, 0.25) is 0 Å². The molecule has 0 spiro atoms. The van der Waals surface area contributed by atoms with Crippen LogP contribution >= 0.6 is 0 Å². The highest BCUT2D eigenvalue weighted by Crippen LogP contribution is 2.32. The fraction of sp³-hybridized carbons (Fsp3) is 0.304. The maximum atomic E-state index is 13.6. The van der Waals surface area contributed by atoms with Crippen molar-refractivity contribution in [2.75, 3.05) is 45.8 Å². The molecule has 0 saturated heterocycles. The van der Waals surface area contributed by atoms with Crippen LogP contribution in [0.5, 0.6) is 0 Å². The molecule has 11 heteroatoms. The fourth-order valence-corrected chi connectivity index (χ4v) is 4.47. The topological polar surface area (TPSA) is 215 Å². The molecule has 0 aromatic heterocycles. The van der Waals surface area contributed by atoms with Crippen LogP contribution in [0.25, 0.3) is 16.8 Å². The molecular weight excluding hydrogens is 432 g/mol. The Labute approximate surface area is 198 Å². The minimum atomic E-state index is 0.0281. The molecule has 1 aliphatic carbocycles. The minimum absolute atomic E-state index is 0.0281. The highest BCUT2D eigenvalue weighted by Gasteiger charge is 2.33. The molecule has 1 aliphatic rings. The predicted molar refractivity (Wildman–Crippen MR) is 134 cm³/mol. The second kappa shape index (κ2) is 10.7. The average Bonchev–Trinajstić information content (AvgIpc) is 2.76. The van der Waals surface area contributed by atoms with Crippen LogP contribution in [-0.2, 0) is 0 Å². The third-order valence-electron chi connectivity index (χ3n) is 6.05. The Balaban J connectivity index is 2.00. The Morgan fingerprint density at radius 1 is 0.735 bits per heavy atom. The molecule has 0 heterocycles. The van der Waals surface area contributed by atoms with Gasteiger partial charge >= 0.3 is 17.9 Å². The quantitative estimate of drug-likeness (QED) is 0.0881. The van der Waals surface area contributed by atoms with Gasteiger partial charge in [-0.2, -0.15) is 0 Å². The van der Waals surface area contributed by atoms with Crippen LogP contribution in [0.3, 0.4) is 0 Å². The summed E-state index contributed by atoms with van der Waals surface area (Å²) in [6.07, 6.45) is 2.00. The van der Waals surface area contributed by atoms with Crippen LogP contribution in [-0.4, -0.2) is 74.0 Å². The third-order valence-corrected chi connectivity index (χ3v) is 6.05. The molecule has 0 bridgehead atoms. The largest absolute Gasteiger partial charge is 0.338 e. The van der Waals surface area contributed by atoms with Gasteiger partial charge in [-0.15, -0.1) is 0 Å². The smallest absolute Gasteiger partial charge is 0.312 e. The molecule has 0 fully saturated rings. The highest BCUT2D eigenvalue weighted by molar-refractivity contribution is 6.22. The predicted octanol–water partition coefficient (Wildman–Crippen LogP) is -6.70. The minimum Gasteiger partial charge on any atom is -0.312 e. The number of rotatable bonds is 11. The second-order valence-corrected chi connectivity index (χ2v) is 8.57. The first-order chi connectivity index (χ1) is 16.2. The standard InChI is InChI=1S/C23H33N10O/c24-21(25)30-7-10-33(11-8-31-22(26)27,12-9-32-23(28)29)14-17-13-16-5-1-3-15-4-2-6-18(19(15)16)20(17)34/h1-6,13H,7-12,14H2,(H4,24,25,30)(H4,26,27,31)(H4,28,29,32)/q+1/p+3. The van der Waals surface area contributed by atoms with Crippen LogP contribution < -0.4 is 49.4 Å². The molecule has 180 valence electrons. The molecule has 0 atom stereocenters. The number of hydrogen-bond donors (Lipinski definition) is 9. The van der Waals surface area contributed by atoms with Gasteiger partial charge in [-0.05, 0) is 17.0 Å². The molecule has 2 aromatic carbocycles. The van der Waals surface area contributed by atoms with E-state index in [0.717, 1.165) is 27.5 Å². The zero-order valence-electron chi connectivity index (χ0n) is 19.3. The summed E-state index contributed by atoms with van der Waals surface area (Å²) in [5.41, 5.74) is 36.2. The number of quaternary nitrogens is 1. The van der Waals surface area contributed by atoms with Crippen molar-refractivity contribution in [2.45, 2.75) is 0 Å². The van der Waals surface area contributed by atoms with E-state index in [1.807, 2.05) is 42.5 Å². The average molecular weight is 469 g/mol. The number of nitrogens with one attached hydrogen (secondary N) is 3. The van der Waals surface area contributed by atoms with Gasteiger partial charge in [0.1, 0.15) is 45.8 Å². The summed E-state index contributed by atoms with van der Waals surface area (Å²) in [5.74, 6) is 0.450. The summed E-state index contributed by atoms with van der Waals surface area (Å²) in [6.45, 7) is 3.92. The van der Waals surface area contributed by atoms with Crippen LogP contribution in [0.1, 0.15) is 15.9 Å². The van der Waals surface area contributed by atoms with E-state index in [9.17, 15) is 4.79 Å². The Morgan fingerprint density at radius 2 is 1.24 bits per heavy atom. The summed E-state index contributed by atoms with van der Waals surface area (Å²) >= 11 is 0. The van der Waals surface area contributed by atoms with Crippen molar-refractivity contribution in [1.82, 2.24) is 0 Å². The fourth-order valence-electron chi connectivity index (χ4n) is 4.47. The number of guanidine groups is 3. The van der Waals surface area contributed by atoms with Crippen LogP contribution in [0.4, 0.5) is 0 Å². The van der Waals surface area contributed by atoms with E-state index < -0.39 is 0 Å². The molecular formula is C23H36N10O+4. The van der Waals surface area contributed by atoms with Crippen molar-refractivity contribution in [3.8, 4) is 0 Å². The summed E-state index contributed by atoms with van der Waals surface area (Å²) in [6, 6.07) is 11.9. The maximum Gasteiger partial charge on any atom is 0.338 e. The number of benzene rings is 2. The zero-order chi connectivity index (χ0) is 24.7. The molecule has 3 rings (SSSR count). The van der Waals surface area contributed by atoms with Gasteiger partial charge in [0.25, 0.3) is 0 Å². The number of carbonyl (C=O) groups is 1. The molecule has 0 radical (unpaired) electrons. The van der Waals surface area contributed by atoms with Crippen LogP contribution in [0.15, 0.2) is 42.0 Å². The molecule has 0 unspecified atom stereocenters. The van der Waals surface area contributed by atoms with Gasteiger partial charge in [0.2, 0.25) is 0 Å². The van der Waals surface area contributed by atoms with Crippen molar-refractivity contribution in [1.29, 1.82) is 0 Å². The Hall–Kier alpha value is -4.12. The number of nitrogens with zero attached hydrogens (tertiary/aromatic N) is 1. The van der Waals surface area contributed by atoms with Crippen molar-refractivity contribution in [3.05, 3.63) is 53.1 Å². The van der Waals surface area contributed by atoms with E-state index in [0.29, 0.717) is 50.3 Å². The molecule has 15 N–H and O–H groups in total. The molecule has 11 nitrogen and oxygen atoms in total. The lowest BCUT2D eigenvalue weighted by molar-refractivity contribution is -0.939. The Morgan fingerprint density at radius 3 is 1.74 bits per heavy atom. The molecule has 0 aliphatic heterocycles.